The Morgan fingerprint density at radius 3 is 2.18 bits per heavy atom. The van der Waals surface area contributed by atoms with E-state index in [-0.39, 0.29) is 16.2 Å². The predicted molar refractivity (Wildman–Crippen MR) is 120 cm³/mol. The van der Waals surface area contributed by atoms with Gasteiger partial charge in [-0.3, -0.25) is 0 Å². The third kappa shape index (κ3) is 5.34. The van der Waals surface area contributed by atoms with Crippen LogP contribution in [0.15, 0.2) is 70.5 Å². The van der Waals surface area contributed by atoms with Crippen LogP contribution in [-0.2, 0) is 14.6 Å². The van der Waals surface area contributed by atoms with Gasteiger partial charge < -0.3 is 9.84 Å². The minimum atomic E-state index is -4.23. The van der Waals surface area contributed by atoms with Gasteiger partial charge in [-0.05, 0) is 60.2 Å². The lowest BCUT2D eigenvalue weighted by Gasteiger charge is -2.28. The molecule has 0 aromatic heterocycles. The highest BCUT2D eigenvalue weighted by atomic mass is 35.5. The van der Waals surface area contributed by atoms with Gasteiger partial charge in [0, 0.05) is 16.0 Å². The van der Waals surface area contributed by atoms with Crippen LogP contribution in [0.1, 0.15) is 20.8 Å². The molecular formula is C24H21ClF2O5S. The highest BCUT2D eigenvalue weighted by Crippen LogP contribution is 2.37. The Morgan fingerprint density at radius 1 is 1.00 bits per heavy atom. The number of halogens is 3. The van der Waals surface area contributed by atoms with Crippen molar-refractivity contribution in [3.63, 3.8) is 0 Å². The molecule has 0 spiro atoms. The van der Waals surface area contributed by atoms with Gasteiger partial charge in [-0.25, -0.2) is 22.0 Å². The summed E-state index contributed by atoms with van der Waals surface area (Å²) in [6.07, 6.45) is -1.21. The second kappa shape index (κ2) is 9.11. The number of carboxylic acids is 1. The molecule has 0 heterocycles. The standard InChI is InChI=1S/C24H21ClF2O5S/c1-24(2,3)22(23(28)29)32-20-10-5-15(25)13-18(20)14-4-11-21(19(27)12-14)33(30,31)17-8-6-16(26)7-9-17/h4-13,22H,1-3H3,(H,28,29). The number of hydrogen-bond acceptors (Lipinski definition) is 4. The minimum absolute atomic E-state index is 0.148. The molecule has 0 saturated carbocycles. The summed E-state index contributed by atoms with van der Waals surface area (Å²) in [5.41, 5.74) is -0.218. The number of carbonyl (C=O) groups is 1. The molecule has 0 amide bonds. The third-order valence-corrected chi connectivity index (χ3v) is 6.89. The van der Waals surface area contributed by atoms with Gasteiger partial charge in [-0.15, -0.1) is 0 Å². The van der Waals surface area contributed by atoms with E-state index >= 15 is 0 Å². The van der Waals surface area contributed by atoms with E-state index in [1.807, 2.05) is 0 Å². The van der Waals surface area contributed by atoms with Gasteiger partial charge in [0.1, 0.15) is 22.3 Å². The Labute approximate surface area is 195 Å². The van der Waals surface area contributed by atoms with Gasteiger partial charge in [0.05, 0.1) is 4.90 Å². The fourth-order valence-corrected chi connectivity index (χ4v) is 4.67. The zero-order valence-corrected chi connectivity index (χ0v) is 19.5. The molecule has 3 aromatic rings. The lowest BCUT2D eigenvalue weighted by atomic mass is 9.89. The van der Waals surface area contributed by atoms with Gasteiger partial charge in [0.25, 0.3) is 0 Å². The molecule has 0 saturated heterocycles. The molecule has 5 nitrogen and oxygen atoms in total. The summed E-state index contributed by atoms with van der Waals surface area (Å²) in [4.78, 5) is 10.9. The quantitative estimate of drug-likeness (QED) is 0.425. The molecule has 1 atom stereocenters. The fraction of sp³-hybridized carbons (Fsp3) is 0.208. The highest BCUT2D eigenvalue weighted by molar-refractivity contribution is 7.91. The van der Waals surface area contributed by atoms with Gasteiger partial charge in [0.15, 0.2) is 6.10 Å². The summed E-state index contributed by atoms with van der Waals surface area (Å²) in [6, 6.07) is 12.0. The number of benzene rings is 3. The Balaban J connectivity index is 2.06. The topological polar surface area (TPSA) is 80.7 Å². The summed E-state index contributed by atoms with van der Waals surface area (Å²) >= 11 is 6.10. The van der Waals surface area contributed by atoms with Crippen molar-refractivity contribution in [1.29, 1.82) is 0 Å². The molecule has 0 aliphatic carbocycles. The number of sulfone groups is 1. The zero-order valence-electron chi connectivity index (χ0n) is 18.0. The van der Waals surface area contributed by atoms with E-state index in [0.717, 1.165) is 36.4 Å². The summed E-state index contributed by atoms with van der Waals surface area (Å²) < 4.78 is 59.5. The first-order valence-corrected chi connectivity index (χ1v) is 11.7. The van der Waals surface area contributed by atoms with Crippen molar-refractivity contribution in [2.24, 2.45) is 5.41 Å². The maximum absolute atomic E-state index is 15.0. The van der Waals surface area contributed by atoms with Crippen LogP contribution in [0, 0.1) is 17.0 Å². The summed E-state index contributed by atoms with van der Waals surface area (Å²) in [5.74, 6) is -2.67. The van der Waals surface area contributed by atoms with Crippen molar-refractivity contribution in [1.82, 2.24) is 0 Å². The van der Waals surface area contributed by atoms with E-state index < -0.39 is 43.9 Å². The normalized spacial score (nSPS) is 12.9. The molecule has 0 radical (unpaired) electrons. The molecule has 3 aromatic carbocycles. The first-order chi connectivity index (χ1) is 15.3. The molecule has 0 fully saturated rings. The molecular weight excluding hydrogens is 474 g/mol. The van der Waals surface area contributed by atoms with Crippen LogP contribution < -0.4 is 4.74 Å². The fourth-order valence-electron chi connectivity index (χ4n) is 3.18. The van der Waals surface area contributed by atoms with Crippen LogP contribution in [0.2, 0.25) is 5.02 Å². The number of hydrogen-bond donors (Lipinski definition) is 1. The lowest BCUT2D eigenvalue weighted by Crippen LogP contribution is -2.39. The summed E-state index contributed by atoms with van der Waals surface area (Å²) in [6.45, 7) is 5.11. The minimum Gasteiger partial charge on any atom is -0.478 e. The van der Waals surface area contributed by atoms with Crippen LogP contribution in [0.25, 0.3) is 11.1 Å². The van der Waals surface area contributed by atoms with Crippen molar-refractivity contribution >= 4 is 27.4 Å². The zero-order chi connectivity index (χ0) is 24.6. The van der Waals surface area contributed by atoms with Crippen LogP contribution in [0.5, 0.6) is 5.75 Å². The van der Waals surface area contributed by atoms with Crippen molar-refractivity contribution in [2.75, 3.05) is 0 Å². The van der Waals surface area contributed by atoms with Gasteiger partial charge in [-0.2, -0.15) is 0 Å². The average molecular weight is 495 g/mol. The SMILES string of the molecule is CC(C)(C)C(Oc1ccc(Cl)cc1-c1ccc(S(=O)(=O)c2ccc(F)cc2)c(F)c1)C(=O)O. The molecule has 1 N–H and O–H groups in total. The van der Waals surface area contributed by atoms with Gasteiger partial charge >= 0.3 is 5.97 Å². The van der Waals surface area contributed by atoms with E-state index in [9.17, 15) is 27.1 Å². The number of carboxylic acid groups (broad SMARTS) is 1. The Morgan fingerprint density at radius 2 is 1.64 bits per heavy atom. The van der Waals surface area contributed by atoms with Gasteiger partial charge in [0.2, 0.25) is 9.84 Å². The number of ether oxygens (including phenoxy) is 1. The summed E-state index contributed by atoms with van der Waals surface area (Å²) in [7, 11) is -4.23. The molecule has 0 aliphatic heterocycles. The molecule has 33 heavy (non-hydrogen) atoms. The van der Waals surface area contributed by atoms with Crippen LogP contribution in [0.3, 0.4) is 0 Å². The van der Waals surface area contributed by atoms with Crippen LogP contribution >= 0.6 is 11.6 Å². The number of aliphatic carboxylic acids is 1. The van der Waals surface area contributed by atoms with Crippen LogP contribution in [0.4, 0.5) is 8.78 Å². The second-order valence-electron chi connectivity index (χ2n) is 8.45. The molecule has 9 heteroatoms. The Bertz CT molecular complexity index is 1300. The van der Waals surface area contributed by atoms with Gasteiger partial charge in [-0.1, -0.05) is 38.4 Å². The monoisotopic (exact) mass is 494 g/mol. The Kier molecular flexibility index (Phi) is 6.81. The maximum Gasteiger partial charge on any atom is 0.345 e. The predicted octanol–water partition coefficient (Wildman–Crippen LogP) is 6.00. The van der Waals surface area contributed by atoms with E-state index in [2.05, 4.69) is 0 Å². The van der Waals surface area contributed by atoms with Crippen molar-refractivity contribution in [2.45, 2.75) is 36.7 Å². The van der Waals surface area contributed by atoms with E-state index in [4.69, 9.17) is 16.3 Å². The maximum atomic E-state index is 15.0. The average Bonchev–Trinajstić information content (AvgIpc) is 2.71. The first-order valence-electron chi connectivity index (χ1n) is 9.80. The molecule has 174 valence electrons. The summed E-state index contributed by atoms with van der Waals surface area (Å²) in [5, 5.41) is 9.88. The molecule has 0 bridgehead atoms. The smallest absolute Gasteiger partial charge is 0.345 e. The first kappa shape index (κ1) is 24.7. The van der Waals surface area contributed by atoms with Crippen molar-refractivity contribution < 1.29 is 31.8 Å². The lowest BCUT2D eigenvalue weighted by molar-refractivity contribution is -0.150. The molecule has 1 unspecified atom stereocenters. The third-order valence-electron chi connectivity index (χ3n) is 4.85. The van der Waals surface area contributed by atoms with Crippen molar-refractivity contribution in [3.05, 3.63) is 77.3 Å². The highest BCUT2D eigenvalue weighted by Gasteiger charge is 2.34. The molecule has 3 rings (SSSR count). The second-order valence-corrected chi connectivity index (χ2v) is 10.8. The van der Waals surface area contributed by atoms with E-state index in [0.29, 0.717) is 10.6 Å². The number of rotatable bonds is 6. The molecule has 0 aliphatic rings. The van der Waals surface area contributed by atoms with Crippen LogP contribution in [-0.4, -0.2) is 25.6 Å². The Hall–Kier alpha value is -2.97. The van der Waals surface area contributed by atoms with E-state index in [1.165, 1.54) is 24.3 Å². The van der Waals surface area contributed by atoms with E-state index in [1.54, 1.807) is 20.8 Å². The van der Waals surface area contributed by atoms with Crippen molar-refractivity contribution in [3.8, 4) is 16.9 Å². The largest absolute Gasteiger partial charge is 0.478 e.